The summed E-state index contributed by atoms with van der Waals surface area (Å²) >= 11 is 5.93. The van der Waals surface area contributed by atoms with E-state index >= 15 is 0 Å². The summed E-state index contributed by atoms with van der Waals surface area (Å²) in [5.41, 5.74) is 3.03. The number of hydrogen-bond acceptors (Lipinski definition) is 2. The second kappa shape index (κ2) is 5.13. The summed E-state index contributed by atoms with van der Waals surface area (Å²) in [6, 6.07) is 8.65. The molecular weight excluding hydrogens is 277 g/mol. The summed E-state index contributed by atoms with van der Waals surface area (Å²) in [5.74, 6) is -0.253. The zero-order valence-electron chi connectivity index (χ0n) is 10.9. The largest absolute Gasteiger partial charge is 0.377 e. The SMILES string of the molecule is Cc1cccc(F)c1NCc1cn2cc(Cl)ccc2n1. The maximum absolute atomic E-state index is 13.7. The molecule has 5 heteroatoms. The van der Waals surface area contributed by atoms with Crippen molar-refractivity contribution in [3.63, 3.8) is 0 Å². The Kier molecular flexibility index (Phi) is 3.32. The Bertz CT molecular complexity index is 747. The lowest BCUT2D eigenvalue weighted by Crippen LogP contribution is -2.03. The number of hydrogen-bond donors (Lipinski definition) is 1. The first kappa shape index (κ1) is 12.9. The van der Waals surface area contributed by atoms with Gasteiger partial charge in [0.1, 0.15) is 11.5 Å². The van der Waals surface area contributed by atoms with E-state index in [1.54, 1.807) is 18.3 Å². The van der Waals surface area contributed by atoms with Crippen molar-refractivity contribution in [3.05, 3.63) is 64.8 Å². The highest BCUT2D eigenvalue weighted by Crippen LogP contribution is 2.19. The third-order valence-corrected chi connectivity index (χ3v) is 3.36. The third-order valence-electron chi connectivity index (χ3n) is 3.13. The number of rotatable bonds is 3. The molecule has 0 aliphatic rings. The van der Waals surface area contributed by atoms with Crippen LogP contribution in [0.1, 0.15) is 11.3 Å². The number of nitrogens with zero attached hydrogens (tertiary/aromatic N) is 2. The fourth-order valence-corrected chi connectivity index (χ4v) is 2.31. The molecule has 3 nitrogen and oxygen atoms in total. The van der Waals surface area contributed by atoms with Crippen LogP contribution in [0.2, 0.25) is 5.02 Å². The van der Waals surface area contributed by atoms with Crippen LogP contribution in [0.15, 0.2) is 42.7 Å². The zero-order chi connectivity index (χ0) is 14.1. The summed E-state index contributed by atoms with van der Waals surface area (Å²) in [6.45, 7) is 2.33. The van der Waals surface area contributed by atoms with E-state index in [0.29, 0.717) is 17.3 Å². The number of pyridine rings is 1. The van der Waals surface area contributed by atoms with Gasteiger partial charge in [0, 0.05) is 12.4 Å². The number of aryl methyl sites for hydroxylation is 1. The lowest BCUT2D eigenvalue weighted by Gasteiger charge is -2.08. The molecular formula is C15H13ClFN3. The van der Waals surface area contributed by atoms with Crippen LogP contribution in [-0.2, 0) is 6.54 Å². The minimum Gasteiger partial charge on any atom is -0.377 e. The molecule has 0 saturated carbocycles. The minimum atomic E-state index is -0.253. The molecule has 20 heavy (non-hydrogen) atoms. The van der Waals surface area contributed by atoms with Crippen LogP contribution >= 0.6 is 11.6 Å². The van der Waals surface area contributed by atoms with Gasteiger partial charge in [0.2, 0.25) is 0 Å². The minimum absolute atomic E-state index is 0.253. The average molecular weight is 290 g/mol. The summed E-state index contributed by atoms with van der Waals surface area (Å²) in [5, 5.41) is 3.74. The summed E-state index contributed by atoms with van der Waals surface area (Å²) in [4.78, 5) is 4.45. The fraction of sp³-hybridized carbons (Fsp3) is 0.133. The van der Waals surface area contributed by atoms with Gasteiger partial charge in [-0.2, -0.15) is 0 Å². The molecule has 3 rings (SSSR count). The summed E-state index contributed by atoms with van der Waals surface area (Å²) in [7, 11) is 0. The quantitative estimate of drug-likeness (QED) is 0.788. The lowest BCUT2D eigenvalue weighted by molar-refractivity contribution is 0.629. The Morgan fingerprint density at radius 1 is 1.25 bits per heavy atom. The van der Waals surface area contributed by atoms with Gasteiger partial charge in [0.05, 0.1) is 22.9 Å². The maximum Gasteiger partial charge on any atom is 0.146 e. The molecule has 3 aromatic rings. The van der Waals surface area contributed by atoms with E-state index in [1.165, 1.54) is 6.07 Å². The van der Waals surface area contributed by atoms with Crippen molar-refractivity contribution in [2.24, 2.45) is 0 Å². The van der Waals surface area contributed by atoms with E-state index in [9.17, 15) is 4.39 Å². The molecule has 1 N–H and O–H groups in total. The molecule has 0 unspecified atom stereocenters. The van der Waals surface area contributed by atoms with Crippen LogP contribution in [0.3, 0.4) is 0 Å². The standard InChI is InChI=1S/C15H13ClFN3/c1-10-3-2-4-13(17)15(10)18-7-12-9-20-8-11(16)5-6-14(20)19-12/h2-6,8-9,18H,7H2,1H3. The van der Waals surface area contributed by atoms with Gasteiger partial charge < -0.3 is 9.72 Å². The first-order chi connectivity index (χ1) is 9.63. The summed E-state index contributed by atoms with van der Waals surface area (Å²) < 4.78 is 15.6. The van der Waals surface area contributed by atoms with Crippen molar-refractivity contribution in [1.29, 1.82) is 0 Å². The molecule has 102 valence electrons. The van der Waals surface area contributed by atoms with Crippen molar-refractivity contribution in [2.75, 3.05) is 5.32 Å². The highest BCUT2D eigenvalue weighted by molar-refractivity contribution is 6.30. The smallest absolute Gasteiger partial charge is 0.146 e. The normalized spacial score (nSPS) is 10.9. The average Bonchev–Trinajstić information content (AvgIpc) is 2.80. The monoisotopic (exact) mass is 289 g/mol. The van der Waals surface area contributed by atoms with E-state index in [4.69, 9.17) is 11.6 Å². The van der Waals surface area contributed by atoms with Crippen LogP contribution < -0.4 is 5.32 Å². The van der Waals surface area contributed by atoms with Crippen LogP contribution in [0.4, 0.5) is 10.1 Å². The fourth-order valence-electron chi connectivity index (χ4n) is 2.14. The number of para-hydroxylation sites is 1. The number of fused-ring (bicyclic) bond motifs is 1. The van der Waals surface area contributed by atoms with Crippen LogP contribution in [0.25, 0.3) is 5.65 Å². The molecule has 0 aliphatic carbocycles. The molecule has 0 fully saturated rings. The van der Waals surface area contributed by atoms with Crippen LogP contribution in [-0.4, -0.2) is 9.38 Å². The molecule has 0 amide bonds. The van der Waals surface area contributed by atoms with Crippen molar-refractivity contribution < 1.29 is 4.39 Å². The highest BCUT2D eigenvalue weighted by atomic mass is 35.5. The number of imidazole rings is 1. The number of halogens is 2. The topological polar surface area (TPSA) is 29.3 Å². The van der Waals surface area contributed by atoms with Crippen molar-refractivity contribution in [3.8, 4) is 0 Å². The Morgan fingerprint density at radius 3 is 2.90 bits per heavy atom. The van der Waals surface area contributed by atoms with E-state index in [1.807, 2.05) is 29.7 Å². The Morgan fingerprint density at radius 2 is 2.10 bits per heavy atom. The van der Waals surface area contributed by atoms with Crippen LogP contribution in [0, 0.1) is 12.7 Å². The van der Waals surface area contributed by atoms with E-state index in [0.717, 1.165) is 16.9 Å². The molecule has 2 heterocycles. The molecule has 0 radical (unpaired) electrons. The van der Waals surface area contributed by atoms with E-state index in [2.05, 4.69) is 10.3 Å². The Labute approximate surface area is 121 Å². The van der Waals surface area contributed by atoms with Crippen molar-refractivity contribution in [1.82, 2.24) is 9.38 Å². The van der Waals surface area contributed by atoms with Gasteiger partial charge in [-0.25, -0.2) is 9.37 Å². The molecule has 2 aromatic heterocycles. The van der Waals surface area contributed by atoms with E-state index in [-0.39, 0.29) is 5.82 Å². The van der Waals surface area contributed by atoms with E-state index < -0.39 is 0 Å². The first-order valence-corrected chi connectivity index (χ1v) is 6.63. The van der Waals surface area contributed by atoms with Gasteiger partial charge in [-0.15, -0.1) is 0 Å². The molecule has 0 atom stereocenters. The molecule has 0 aliphatic heterocycles. The predicted octanol–water partition coefficient (Wildman–Crippen LogP) is 4.05. The lowest BCUT2D eigenvalue weighted by atomic mass is 10.2. The molecule has 0 saturated heterocycles. The molecule has 0 spiro atoms. The second-order valence-electron chi connectivity index (χ2n) is 4.63. The summed E-state index contributed by atoms with van der Waals surface area (Å²) in [6.07, 6.45) is 3.67. The Hall–Kier alpha value is -2.07. The zero-order valence-corrected chi connectivity index (χ0v) is 11.7. The highest BCUT2D eigenvalue weighted by Gasteiger charge is 2.06. The maximum atomic E-state index is 13.7. The van der Waals surface area contributed by atoms with Gasteiger partial charge >= 0.3 is 0 Å². The van der Waals surface area contributed by atoms with Crippen LogP contribution in [0.5, 0.6) is 0 Å². The number of nitrogens with one attached hydrogen (secondary N) is 1. The molecule has 0 bridgehead atoms. The van der Waals surface area contributed by atoms with Gasteiger partial charge in [-0.3, -0.25) is 0 Å². The third kappa shape index (κ3) is 2.47. The number of anilines is 1. The van der Waals surface area contributed by atoms with Crippen molar-refractivity contribution >= 4 is 22.9 Å². The number of benzene rings is 1. The second-order valence-corrected chi connectivity index (χ2v) is 5.07. The molecule has 1 aromatic carbocycles. The van der Waals surface area contributed by atoms with Crippen molar-refractivity contribution in [2.45, 2.75) is 13.5 Å². The van der Waals surface area contributed by atoms with Gasteiger partial charge in [0.15, 0.2) is 0 Å². The Balaban J connectivity index is 1.83. The predicted molar refractivity (Wildman–Crippen MR) is 78.7 cm³/mol. The van der Waals surface area contributed by atoms with Gasteiger partial charge in [-0.05, 0) is 30.7 Å². The number of aromatic nitrogens is 2. The van der Waals surface area contributed by atoms with Gasteiger partial charge in [0.25, 0.3) is 0 Å². The van der Waals surface area contributed by atoms with Gasteiger partial charge in [-0.1, -0.05) is 23.7 Å². The first-order valence-electron chi connectivity index (χ1n) is 6.25.